The van der Waals surface area contributed by atoms with Gasteiger partial charge in [0.2, 0.25) is 0 Å². The molecule has 3 saturated heterocycles. The maximum Gasteiger partial charge on any atom is 1.00 e. The number of hydrogen-bond acceptors (Lipinski definition) is 29. The second-order valence-electron chi connectivity index (χ2n) is 26.0. The zero-order valence-electron chi connectivity index (χ0n) is 64.9. The summed E-state index contributed by atoms with van der Waals surface area (Å²) in [6, 6.07) is 25.0. The van der Waals surface area contributed by atoms with Crippen molar-refractivity contribution in [3.8, 4) is 34.5 Å². The molecule has 3 fully saturated rings. The van der Waals surface area contributed by atoms with E-state index >= 15 is 0 Å². The van der Waals surface area contributed by atoms with E-state index in [4.69, 9.17) is 57.3 Å². The van der Waals surface area contributed by atoms with E-state index in [0.717, 1.165) is 64.7 Å². The molecule has 30 nitrogen and oxygen atoms in total. The maximum absolute atomic E-state index is 12.5. The van der Waals surface area contributed by atoms with Crippen LogP contribution in [-0.4, -0.2) is 183 Å². The van der Waals surface area contributed by atoms with Crippen molar-refractivity contribution in [2.24, 2.45) is 0 Å². The normalized spacial score (nSPS) is 15.7. The van der Waals surface area contributed by atoms with Gasteiger partial charge in [0, 0.05) is 77.8 Å². The van der Waals surface area contributed by atoms with Gasteiger partial charge in [0.05, 0.1) is 121 Å². The van der Waals surface area contributed by atoms with Crippen molar-refractivity contribution in [1.29, 1.82) is 0 Å². The zero-order chi connectivity index (χ0) is 82.8. The van der Waals surface area contributed by atoms with Gasteiger partial charge in [0.25, 0.3) is 0 Å². The topological polar surface area (TPSA) is 403 Å². The number of nitrogens with two attached hydrogens (primary N) is 1. The molecule has 3 aliphatic rings. The second-order valence-corrected chi connectivity index (χ2v) is 35.8. The van der Waals surface area contributed by atoms with Crippen LogP contribution in [0.2, 0.25) is 0 Å². The summed E-state index contributed by atoms with van der Waals surface area (Å²) in [7, 11) is -6.19. The summed E-state index contributed by atoms with van der Waals surface area (Å²) in [6.07, 6.45) is 7.97. The van der Waals surface area contributed by atoms with Crippen LogP contribution in [0.15, 0.2) is 138 Å². The first-order valence-corrected chi connectivity index (χ1v) is 41.7. The number of halogens is 2. The Bertz CT molecular complexity index is 4410. The fourth-order valence-electron chi connectivity index (χ4n) is 8.66. The molecule has 0 saturated carbocycles. The van der Waals surface area contributed by atoms with E-state index in [0.29, 0.717) is 34.1 Å². The summed E-state index contributed by atoms with van der Waals surface area (Å²) in [5.74, 6) is 0.944. The summed E-state index contributed by atoms with van der Waals surface area (Å²) >= 11 is 8.84. The molecule has 6 aromatic rings. The van der Waals surface area contributed by atoms with Crippen LogP contribution in [0.1, 0.15) is 90.5 Å². The average Bonchev–Trinajstić information content (AvgIpc) is 1.59. The Kier molecular flexibility index (Phi) is 39.9. The molecule has 0 radical (unpaired) electrons. The number of methoxy groups -OCH3 is 6. The minimum absolute atomic E-state index is 0. The minimum atomic E-state index is -3.38. The molecular weight excluding hydrogens is 1620 g/mol. The third-order valence-electron chi connectivity index (χ3n) is 16.8. The van der Waals surface area contributed by atoms with E-state index in [9.17, 15) is 68.4 Å². The fourth-order valence-corrected chi connectivity index (χ4v) is 12.0. The summed E-state index contributed by atoms with van der Waals surface area (Å²) < 4.78 is 168. The Hall–Kier alpha value is -6.02. The van der Waals surface area contributed by atoms with Crippen LogP contribution in [0.4, 0.5) is 27.1 Å². The maximum atomic E-state index is 12.5. The van der Waals surface area contributed by atoms with Crippen molar-refractivity contribution < 1.29 is 139 Å². The van der Waals surface area contributed by atoms with Crippen molar-refractivity contribution >= 4 is 129 Å². The molecule has 42 heteroatoms. The Balaban J connectivity index is 0.00000125. The molecule has 9 rings (SSSR count). The fraction of sp³-hybridized carbons (Fsp3) is 0.463. The van der Waals surface area contributed by atoms with Crippen molar-refractivity contribution in [2.45, 2.75) is 149 Å². The van der Waals surface area contributed by atoms with Crippen LogP contribution in [0.25, 0.3) is 0 Å². The van der Waals surface area contributed by atoms with Gasteiger partial charge in [-0.25, -0.2) is 38.1 Å². The molecule has 0 amide bonds. The number of nitro benzene ring substituents is 3. The van der Waals surface area contributed by atoms with Gasteiger partial charge in [-0.15, -0.1) is 11.8 Å². The zero-order valence-corrected chi connectivity index (χ0v) is 73.3. The quantitative estimate of drug-likeness (QED) is 0.0235. The number of benzene rings is 6. The van der Waals surface area contributed by atoms with Gasteiger partial charge in [0.15, 0.2) is 56.6 Å². The number of hydrogen-bond donors (Lipinski definition) is 1. The van der Waals surface area contributed by atoms with Crippen LogP contribution in [0.3, 0.4) is 0 Å². The van der Waals surface area contributed by atoms with Gasteiger partial charge in [-0.1, -0.05) is 13.5 Å². The van der Waals surface area contributed by atoms with E-state index < -0.39 is 92.3 Å². The van der Waals surface area contributed by atoms with Crippen molar-refractivity contribution in [1.82, 2.24) is 0 Å². The largest absolute Gasteiger partial charge is 1.00 e. The first kappa shape index (κ1) is 103. The number of sulfone groups is 4. The predicted molar refractivity (Wildman–Crippen MR) is 422 cm³/mol. The van der Waals surface area contributed by atoms with E-state index in [1.165, 1.54) is 109 Å². The first-order valence-electron chi connectivity index (χ1n) is 31.3. The summed E-state index contributed by atoms with van der Waals surface area (Å²) in [6.45, 7) is 24.1. The van der Waals surface area contributed by atoms with E-state index in [2.05, 4.69) is 33.3 Å². The predicted octanol–water partition coefficient (Wildman–Crippen LogP) is 9.07. The van der Waals surface area contributed by atoms with Crippen LogP contribution < -0.4 is 69.2 Å². The Labute approximate surface area is 681 Å². The number of rotatable bonds is 16. The Morgan fingerprint density at radius 3 is 1.05 bits per heavy atom. The van der Waals surface area contributed by atoms with Crippen LogP contribution >= 0.6 is 27.7 Å². The summed E-state index contributed by atoms with van der Waals surface area (Å²) in [4.78, 5) is 31.2. The van der Waals surface area contributed by atoms with Crippen molar-refractivity contribution in [3.63, 3.8) is 0 Å². The molecule has 0 bridgehead atoms. The molecular formula is C67H96B3BrFN4NaO26S6. The molecule has 2 N–H and O–H groups in total. The van der Waals surface area contributed by atoms with E-state index in [1.807, 2.05) is 89.3 Å². The molecule has 0 spiro atoms. The second kappa shape index (κ2) is 42.2. The molecule has 109 heavy (non-hydrogen) atoms. The molecule has 3 aliphatic heterocycles. The SMILES string of the molecule is C.CC1(C)OB(B2OC(C)(C)C(C)(C)O2)OC1(C)C.COc1cc(F)ccc1[N+](=O)[O-].COc1cc(S(C)(=O)=O)ccc1B1OC(C)(C)C(C)(C)O1.COc1cc(S(C)(=O)=O)ccc1Br.COc1cc(S(C)(=O)=O)ccc1N.COc1cc(S(C)(=O)=O)ccc1[N+](=O)[O-].COc1cc(SC)ccc1[N+](=O)[O-].C[S-].[Na+]. The van der Waals surface area contributed by atoms with Gasteiger partial charge >= 0.3 is 67.8 Å². The number of nitro groups is 3. The van der Waals surface area contributed by atoms with Gasteiger partial charge in [-0.3, -0.25) is 30.3 Å². The van der Waals surface area contributed by atoms with Crippen molar-refractivity contribution in [3.05, 3.63) is 150 Å². The van der Waals surface area contributed by atoms with Crippen LogP contribution in [-0.2, 0) is 79.9 Å². The van der Waals surface area contributed by atoms with Crippen LogP contribution in [0.5, 0.6) is 34.5 Å². The van der Waals surface area contributed by atoms with Gasteiger partial charge in [-0.2, -0.15) is 6.26 Å². The molecule has 600 valence electrons. The number of ether oxygens (including phenoxy) is 6. The Morgan fingerprint density at radius 1 is 0.431 bits per heavy atom. The molecule has 0 aromatic heterocycles. The van der Waals surface area contributed by atoms with Crippen molar-refractivity contribution in [2.75, 3.05) is 85.9 Å². The van der Waals surface area contributed by atoms with Gasteiger partial charge in [0.1, 0.15) is 23.1 Å². The summed E-state index contributed by atoms with van der Waals surface area (Å²) in [5.41, 5.74) is 3.78. The first-order chi connectivity index (χ1) is 48.9. The van der Waals surface area contributed by atoms with E-state index in [-0.39, 0.29) is 108 Å². The van der Waals surface area contributed by atoms with E-state index in [1.54, 1.807) is 30.5 Å². The molecule has 0 aliphatic carbocycles. The minimum Gasteiger partial charge on any atom is -0.796 e. The third kappa shape index (κ3) is 29.2. The Morgan fingerprint density at radius 2 is 0.706 bits per heavy atom. The van der Waals surface area contributed by atoms with Crippen LogP contribution in [0, 0.1) is 36.2 Å². The molecule has 3 heterocycles. The smallest absolute Gasteiger partial charge is 0.796 e. The number of thioether (sulfide) groups is 1. The third-order valence-corrected chi connectivity index (χ3v) is 22.6. The standard InChI is InChI=1S/C14H21BO5S.C12H24B2O4.C8H9BrO3S.C8H9NO5S.C8H11NO3S.C8H9NO3S.C7H6FNO3.CH4S.CH4.Na/c1-13(2)14(3,4)20-15(19-13)11-8-7-10(21(6,16)17)9-12(11)18-5;1-9(2)10(3,4)16-13(15-9)14-17-11(5,6)12(7,8)18-14;1-12-8-5-6(13(2,10)11)3-4-7(8)9;1-14-8-5-6(15(2,12)13)3-4-7(8)9(10)11;1-12-8-5-6(13(2,10)11)3-4-7(8)9;1-12-8-5-6(13-2)3-4-7(8)9(10)11;1-12-7-4-5(8)2-3-6(7)9(10)11;1-2;;/h7-9H,1-6H3;1-8H3;3-5H,1-2H3;3-5H,1-2H3;3-5H,9H2,1-2H3;3-5H,1-2H3;2-4H,1H3;2H,1H3;1H4;/q;;;;;;;;;+1/p-1. The van der Waals surface area contributed by atoms with Gasteiger partial charge < -0.3 is 74.7 Å². The number of nitrogens with zero attached hydrogens (tertiary/aromatic N) is 3. The molecule has 0 unspecified atom stereocenters. The summed E-state index contributed by atoms with van der Waals surface area (Å²) in [5, 5.41) is 31.3. The average molecular weight is 1720 g/mol. The monoisotopic (exact) mass is 1720 g/mol. The number of anilines is 1. The van der Waals surface area contributed by atoms with Gasteiger partial charge in [-0.05, 0) is 166 Å². The molecule has 6 aromatic carbocycles. The molecule has 0 atom stereocenters. The number of nitrogen functional groups attached to an aromatic ring is 1.